The lowest BCUT2D eigenvalue weighted by Crippen LogP contribution is -2.30. The third-order valence-electron chi connectivity index (χ3n) is 4.47. The van der Waals surface area contributed by atoms with Gasteiger partial charge in [-0.1, -0.05) is 25.8 Å². The molecule has 0 radical (unpaired) electrons. The Balaban J connectivity index is 1.93. The third kappa shape index (κ3) is 3.32. The lowest BCUT2D eigenvalue weighted by molar-refractivity contribution is 0.0892. The number of fused-ring (bicyclic) bond motifs is 1. The second kappa shape index (κ2) is 5.96. The number of benzene rings is 1. The molecule has 3 heteroatoms. The minimum absolute atomic E-state index is 0.0221. The monoisotopic (exact) mass is 307 g/mol. The van der Waals surface area contributed by atoms with E-state index in [0.29, 0.717) is 23.2 Å². The van der Waals surface area contributed by atoms with Gasteiger partial charge in [0.1, 0.15) is 11.5 Å². The van der Waals surface area contributed by atoms with E-state index in [2.05, 4.69) is 30.7 Å². The third-order valence-corrected chi connectivity index (χ3v) is 4.47. The van der Waals surface area contributed by atoms with Crippen molar-refractivity contribution in [3.8, 4) is 11.8 Å². The van der Waals surface area contributed by atoms with E-state index >= 15 is 0 Å². The molecule has 0 aliphatic heterocycles. The summed E-state index contributed by atoms with van der Waals surface area (Å²) >= 11 is 0. The maximum atomic E-state index is 13.2. The first-order chi connectivity index (χ1) is 11.0. The molecular weight excluding hydrogens is 289 g/mol. The molecule has 0 fully saturated rings. The molecule has 0 N–H and O–H groups in total. The molecule has 2 nitrogen and oxygen atoms in total. The summed E-state index contributed by atoms with van der Waals surface area (Å²) in [4.78, 5) is 16.8. The number of hydrogen-bond donors (Lipinski definition) is 0. The summed E-state index contributed by atoms with van der Waals surface area (Å²) in [7, 11) is 0. The molecule has 1 aliphatic rings. The van der Waals surface area contributed by atoms with Gasteiger partial charge in [0.2, 0.25) is 0 Å². The molecule has 1 heterocycles. The fraction of sp³-hybridized carbons (Fsp3) is 0.300. The van der Waals surface area contributed by atoms with Gasteiger partial charge in [-0.3, -0.25) is 4.79 Å². The second-order valence-corrected chi connectivity index (χ2v) is 6.39. The highest BCUT2D eigenvalue weighted by Crippen LogP contribution is 2.36. The number of carbonyl (C=O) groups is 1. The lowest BCUT2D eigenvalue weighted by atomic mass is 9.72. The van der Waals surface area contributed by atoms with Crippen molar-refractivity contribution >= 4 is 5.78 Å². The first-order valence-electron chi connectivity index (χ1n) is 7.80. The number of hydrogen-bond acceptors (Lipinski definition) is 2. The van der Waals surface area contributed by atoms with E-state index in [1.807, 2.05) is 6.07 Å². The van der Waals surface area contributed by atoms with Gasteiger partial charge in [0.15, 0.2) is 5.78 Å². The van der Waals surface area contributed by atoms with Crippen molar-refractivity contribution in [1.82, 2.24) is 4.98 Å². The zero-order valence-electron chi connectivity index (χ0n) is 13.3. The van der Waals surface area contributed by atoms with Crippen LogP contribution in [-0.4, -0.2) is 10.8 Å². The second-order valence-electron chi connectivity index (χ2n) is 6.39. The SMILES string of the molecule is CCC1(C)CC(=O)c2ccc(C#Cc3cccc(F)c3)nc2C1. The molecule has 1 atom stereocenters. The summed E-state index contributed by atoms with van der Waals surface area (Å²) < 4.78 is 13.2. The predicted octanol–water partition coefficient (Wildman–Crippen LogP) is 4.17. The van der Waals surface area contributed by atoms with Gasteiger partial charge in [0.05, 0.1) is 5.69 Å². The summed E-state index contributed by atoms with van der Waals surface area (Å²) in [5.74, 6) is 5.73. The van der Waals surface area contributed by atoms with E-state index in [0.717, 1.165) is 18.5 Å². The van der Waals surface area contributed by atoms with Crippen LogP contribution in [0.25, 0.3) is 0 Å². The number of halogens is 1. The molecule has 1 aliphatic carbocycles. The number of rotatable bonds is 1. The summed E-state index contributed by atoms with van der Waals surface area (Å²) in [6.45, 7) is 4.23. The average molecular weight is 307 g/mol. The Morgan fingerprint density at radius 3 is 2.78 bits per heavy atom. The van der Waals surface area contributed by atoms with Crippen molar-refractivity contribution in [3.63, 3.8) is 0 Å². The van der Waals surface area contributed by atoms with Crippen molar-refractivity contribution in [2.45, 2.75) is 33.1 Å². The van der Waals surface area contributed by atoms with Gasteiger partial charge in [-0.25, -0.2) is 9.37 Å². The van der Waals surface area contributed by atoms with Crippen LogP contribution in [0.2, 0.25) is 0 Å². The van der Waals surface area contributed by atoms with Crippen LogP contribution in [-0.2, 0) is 6.42 Å². The molecule has 1 unspecified atom stereocenters. The van der Waals surface area contributed by atoms with Gasteiger partial charge in [0, 0.05) is 17.5 Å². The number of carbonyl (C=O) groups excluding carboxylic acids is 1. The summed E-state index contributed by atoms with van der Waals surface area (Å²) in [6.07, 6.45) is 2.31. The molecule has 0 amide bonds. The Labute approximate surface area is 135 Å². The highest BCUT2D eigenvalue weighted by Gasteiger charge is 2.34. The Hall–Kier alpha value is -2.47. The largest absolute Gasteiger partial charge is 0.294 e. The maximum Gasteiger partial charge on any atom is 0.165 e. The number of nitrogens with zero attached hydrogens (tertiary/aromatic N) is 1. The van der Waals surface area contributed by atoms with Crippen molar-refractivity contribution in [2.24, 2.45) is 5.41 Å². The molecule has 1 aromatic heterocycles. The van der Waals surface area contributed by atoms with Gasteiger partial charge in [-0.2, -0.15) is 0 Å². The molecule has 2 aromatic rings. The summed E-state index contributed by atoms with van der Waals surface area (Å²) in [5, 5.41) is 0. The first kappa shape index (κ1) is 15.4. The molecule has 23 heavy (non-hydrogen) atoms. The predicted molar refractivity (Wildman–Crippen MR) is 87.7 cm³/mol. The lowest BCUT2D eigenvalue weighted by Gasteiger charge is -2.32. The molecule has 3 rings (SSSR count). The van der Waals surface area contributed by atoms with E-state index in [1.54, 1.807) is 18.2 Å². The van der Waals surface area contributed by atoms with Crippen molar-refractivity contribution in [2.75, 3.05) is 0 Å². The Morgan fingerprint density at radius 2 is 2.04 bits per heavy atom. The molecule has 116 valence electrons. The van der Waals surface area contributed by atoms with Crippen LogP contribution < -0.4 is 0 Å². The zero-order valence-corrected chi connectivity index (χ0v) is 13.3. The van der Waals surface area contributed by atoms with E-state index < -0.39 is 0 Å². The van der Waals surface area contributed by atoms with Crippen LogP contribution >= 0.6 is 0 Å². The van der Waals surface area contributed by atoms with Gasteiger partial charge in [-0.15, -0.1) is 0 Å². The molecule has 0 spiro atoms. The van der Waals surface area contributed by atoms with Crippen LogP contribution in [0.5, 0.6) is 0 Å². The fourth-order valence-corrected chi connectivity index (χ4v) is 2.86. The highest BCUT2D eigenvalue weighted by molar-refractivity contribution is 5.98. The van der Waals surface area contributed by atoms with Gasteiger partial charge < -0.3 is 0 Å². The van der Waals surface area contributed by atoms with E-state index in [9.17, 15) is 9.18 Å². The fourth-order valence-electron chi connectivity index (χ4n) is 2.86. The molecule has 0 saturated carbocycles. The molecule has 1 aromatic carbocycles. The minimum Gasteiger partial charge on any atom is -0.294 e. The Morgan fingerprint density at radius 1 is 1.22 bits per heavy atom. The Kier molecular flexibility index (Phi) is 4.00. The zero-order chi connectivity index (χ0) is 16.4. The van der Waals surface area contributed by atoms with Crippen LogP contribution in [0, 0.1) is 23.1 Å². The van der Waals surface area contributed by atoms with Crippen LogP contribution in [0.15, 0.2) is 36.4 Å². The topological polar surface area (TPSA) is 30.0 Å². The van der Waals surface area contributed by atoms with E-state index in [-0.39, 0.29) is 17.0 Å². The quantitative estimate of drug-likeness (QED) is 0.740. The number of Topliss-reactive ketones (excluding diaryl/α,β-unsaturated/α-hetero) is 1. The van der Waals surface area contributed by atoms with Crippen molar-refractivity contribution in [3.05, 3.63) is 64.7 Å². The Bertz CT molecular complexity index is 831. The standard InChI is InChI=1S/C20H18FNO/c1-3-20(2)12-18-17(19(23)13-20)10-9-16(22-18)8-7-14-5-4-6-15(21)11-14/h4-6,9-11H,3,12-13H2,1-2H3. The van der Waals surface area contributed by atoms with Crippen LogP contribution in [0.1, 0.15) is 54.0 Å². The number of aromatic nitrogens is 1. The van der Waals surface area contributed by atoms with Gasteiger partial charge in [-0.05, 0) is 54.5 Å². The number of pyridine rings is 1. The smallest absolute Gasteiger partial charge is 0.165 e. The van der Waals surface area contributed by atoms with Crippen molar-refractivity contribution in [1.29, 1.82) is 0 Å². The molecule has 0 bridgehead atoms. The van der Waals surface area contributed by atoms with Crippen molar-refractivity contribution < 1.29 is 9.18 Å². The maximum absolute atomic E-state index is 13.2. The minimum atomic E-state index is -0.306. The summed E-state index contributed by atoms with van der Waals surface area (Å²) in [5.41, 5.74) is 2.75. The van der Waals surface area contributed by atoms with Crippen LogP contribution in [0.4, 0.5) is 4.39 Å². The molecule has 0 saturated heterocycles. The first-order valence-corrected chi connectivity index (χ1v) is 7.80. The van der Waals surface area contributed by atoms with Gasteiger partial charge in [0.25, 0.3) is 0 Å². The summed E-state index contributed by atoms with van der Waals surface area (Å²) in [6, 6.07) is 9.74. The normalized spacial score (nSPS) is 19.7. The van der Waals surface area contributed by atoms with E-state index in [4.69, 9.17) is 0 Å². The van der Waals surface area contributed by atoms with Crippen LogP contribution in [0.3, 0.4) is 0 Å². The van der Waals surface area contributed by atoms with Gasteiger partial charge >= 0.3 is 0 Å². The highest BCUT2D eigenvalue weighted by atomic mass is 19.1. The average Bonchev–Trinajstić information content (AvgIpc) is 2.52. The van der Waals surface area contributed by atoms with E-state index in [1.165, 1.54) is 12.1 Å². The molecular formula is C20H18FNO. The number of ketones is 1.